The molecule has 1 unspecified atom stereocenters. The molecule has 1 amide bonds. The number of carbonyl (C=O) groups excluding carboxylic acids is 1. The Bertz CT molecular complexity index is 1310. The van der Waals surface area contributed by atoms with E-state index in [0.717, 1.165) is 73.5 Å². The van der Waals surface area contributed by atoms with Crippen molar-refractivity contribution in [3.05, 3.63) is 42.2 Å². The van der Waals surface area contributed by atoms with Gasteiger partial charge in [-0.2, -0.15) is 18.3 Å². The Balaban J connectivity index is 0.000000426. The fraction of sp³-hybridized carbons (Fsp3) is 0.440. The molecule has 2 aliphatic rings. The third kappa shape index (κ3) is 6.52. The van der Waals surface area contributed by atoms with Crippen molar-refractivity contribution in [2.75, 3.05) is 41.3 Å². The molecule has 2 fully saturated rings. The number of rotatable bonds is 4. The van der Waals surface area contributed by atoms with Gasteiger partial charge in [0.2, 0.25) is 0 Å². The van der Waals surface area contributed by atoms with Crippen molar-refractivity contribution in [3.8, 4) is 0 Å². The van der Waals surface area contributed by atoms with E-state index in [-0.39, 0.29) is 11.9 Å². The first kappa shape index (κ1) is 27.2. The molecule has 2 saturated heterocycles. The molecule has 1 aromatic carbocycles. The molecule has 0 aliphatic carbocycles. The lowest BCUT2D eigenvalue weighted by molar-refractivity contribution is -0.192. The molecular formula is C25H30F3N7O3. The van der Waals surface area contributed by atoms with Crippen molar-refractivity contribution in [1.29, 1.82) is 0 Å². The lowest BCUT2D eigenvalue weighted by Crippen LogP contribution is -2.30. The van der Waals surface area contributed by atoms with Crippen LogP contribution < -0.4 is 20.9 Å². The molecular weight excluding hydrogens is 503 g/mol. The smallest absolute Gasteiger partial charge is 0.475 e. The zero-order chi connectivity index (χ0) is 27.4. The summed E-state index contributed by atoms with van der Waals surface area (Å²) in [5.74, 6) is -2.15. The Kier molecular flexibility index (Phi) is 8.05. The fourth-order valence-corrected chi connectivity index (χ4v) is 4.59. The van der Waals surface area contributed by atoms with Crippen molar-refractivity contribution in [3.63, 3.8) is 0 Å². The lowest BCUT2D eigenvalue weighted by Gasteiger charge is -2.30. The van der Waals surface area contributed by atoms with Crippen LogP contribution in [0.2, 0.25) is 0 Å². The number of nitrogens with two attached hydrogens (primary N) is 1. The second-order valence-electron chi connectivity index (χ2n) is 9.41. The van der Waals surface area contributed by atoms with E-state index < -0.39 is 12.1 Å². The Morgan fingerprint density at radius 3 is 2.45 bits per heavy atom. The van der Waals surface area contributed by atoms with E-state index in [4.69, 9.17) is 15.6 Å². The van der Waals surface area contributed by atoms with E-state index in [1.54, 1.807) is 6.07 Å². The van der Waals surface area contributed by atoms with Crippen LogP contribution in [0.15, 0.2) is 36.5 Å². The molecule has 0 spiro atoms. The molecule has 3 aromatic rings. The zero-order valence-corrected chi connectivity index (χ0v) is 20.9. The number of hydrogen-bond acceptors (Lipinski definition) is 7. The van der Waals surface area contributed by atoms with E-state index in [9.17, 15) is 18.0 Å². The van der Waals surface area contributed by atoms with Gasteiger partial charge in [-0.1, -0.05) is 6.07 Å². The maximum Gasteiger partial charge on any atom is 0.490 e. The van der Waals surface area contributed by atoms with Gasteiger partial charge < -0.3 is 26.0 Å². The molecule has 204 valence electrons. The van der Waals surface area contributed by atoms with E-state index in [0.29, 0.717) is 5.69 Å². The number of aliphatic carboxylic acids is 1. The Labute approximate surface area is 217 Å². The number of benzene rings is 1. The Morgan fingerprint density at radius 2 is 1.82 bits per heavy atom. The van der Waals surface area contributed by atoms with Gasteiger partial charge in [0.15, 0.2) is 0 Å². The summed E-state index contributed by atoms with van der Waals surface area (Å²) in [6, 6.07) is 9.86. The van der Waals surface area contributed by atoms with Crippen LogP contribution in [0, 0.1) is 0 Å². The predicted molar refractivity (Wildman–Crippen MR) is 137 cm³/mol. The monoisotopic (exact) mass is 533 g/mol. The standard InChI is InChI=1S/C23H29N7O.C2HF3O2/c1-28-14-16-12-20(21(13-19(16)27-28)29-9-3-2-4-10-29)26-23(31)18-6-5-7-22(25-18)30-11-8-17(24)15-30;3-2(4,5)1(6)7/h5-7,12-14,17H,2-4,8-11,15,24H2,1H3,(H,26,31);(H,6,7). The Hall–Kier alpha value is -3.87. The van der Waals surface area contributed by atoms with Crippen molar-refractivity contribution in [2.45, 2.75) is 37.9 Å². The van der Waals surface area contributed by atoms with E-state index in [1.807, 2.05) is 36.1 Å². The van der Waals surface area contributed by atoms with Gasteiger partial charge >= 0.3 is 12.1 Å². The summed E-state index contributed by atoms with van der Waals surface area (Å²) in [6.45, 7) is 3.62. The van der Waals surface area contributed by atoms with Gasteiger partial charge in [0.05, 0.1) is 16.9 Å². The number of piperidine rings is 1. The largest absolute Gasteiger partial charge is 0.490 e. The molecule has 0 radical (unpaired) electrons. The van der Waals surface area contributed by atoms with Crippen LogP contribution in [0.1, 0.15) is 36.2 Å². The number of anilines is 3. The molecule has 4 N–H and O–H groups in total. The van der Waals surface area contributed by atoms with Crippen LogP contribution in [-0.4, -0.2) is 70.1 Å². The number of hydrogen-bond donors (Lipinski definition) is 3. The fourth-order valence-electron chi connectivity index (χ4n) is 4.59. The number of halogens is 3. The number of aryl methyl sites for hydroxylation is 1. The summed E-state index contributed by atoms with van der Waals surface area (Å²) in [6.07, 6.45) is 1.41. The van der Waals surface area contributed by atoms with E-state index in [1.165, 1.54) is 6.42 Å². The second-order valence-corrected chi connectivity index (χ2v) is 9.41. The highest BCUT2D eigenvalue weighted by Crippen LogP contribution is 2.33. The van der Waals surface area contributed by atoms with Gasteiger partial charge in [-0.25, -0.2) is 9.78 Å². The van der Waals surface area contributed by atoms with Crippen molar-refractivity contribution in [2.24, 2.45) is 12.8 Å². The summed E-state index contributed by atoms with van der Waals surface area (Å²) in [5.41, 5.74) is 9.22. The number of carbonyl (C=O) groups is 2. The molecule has 4 heterocycles. The minimum Gasteiger partial charge on any atom is -0.475 e. The molecule has 0 saturated carbocycles. The first-order chi connectivity index (χ1) is 18.0. The molecule has 5 rings (SSSR count). The third-order valence-electron chi connectivity index (χ3n) is 6.44. The van der Waals surface area contributed by atoms with E-state index in [2.05, 4.69) is 31.3 Å². The minimum absolute atomic E-state index is 0.164. The number of fused-ring (bicyclic) bond motifs is 1. The van der Waals surface area contributed by atoms with E-state index >= 15 is 0 Å². The van der Waals surface area contributed by atoms with Crippen LogP contribution in [0.5, 0.6) is 0 Å². The summed E-state index contributed by atoms with van der Waals surface area (Å²) < 4.78 is 33.5. The van der Waals surface area contributed by atoms with Gasteiger partial charge in [0.1, 0.15) is 11.5 Å². The first-order valence-electron chi connectivity index (χ1n) is 12.3. The molecule has 2 aliphatic heterocycles. The molecule has 1 atom stereocenters. The number of pyridine rings is 1. The second kappa shape index (κ2) is 11.3. The quantitative estimate of drug-likeness (QED) is 0.466. The minimum atomic E-state index is -5.08. The average molecular weight is 534 g/mol. The van der Waals surface area contributed by atoms with Gasteiger partial charge in [-0.15, -0.1) is 0 Å². The zero-order valence-electron chi connectivity index (χ0n) is 20.9. The van der Waals surface area contributed by atoms with Crippen LogP contribution in [0.25, 0.3) is 10.9 Å². The maximum absolute atomic E-state index is 13.2. The molecule has 2 aromatic heterocycles. The highest BCUT2D eigenvalue weighted by molar-refractivity contribution is 6.06. The van der Waals surface area contributed by atoms with Crippen LogP contribution >= 0.6 is 0 Å². The van der Waals surface area contributed by atoms with Crippen LogP contribution in [0.3, 0.4) is 0 Å². The Morgan fingerprint density at radius 1 is 1.11 bits per heavy atom. The maximum atomic E-state index is 13.2. The SMILES string of the molecule is Cn1cc2cc(NC(=O)c3cccc(N4CCC(N)C4)n3)c(N3CCCCC3)cc2n1.O=C(O)C(F)(F)F. The lowest BCUT2D eigenvalue weighted by atomic mass is 10.1. The summed E-state index contributed by atoms with van der Waals surface area (Å²) in [4.78, 5) is 31.2. The summed E-state index contributed by atoms with van der Waals surface area (Å²) in [5, 5.41) is 15.8. The van der Waals surface area contributed by atoms with Crippen LogP contribution in [0.4, 0.5) is 30.4 Å². The molecule has 13 heteroatoms. The van der Waals surface area contributed by atoms with Crippen molar-refractivity contribution < 1.29 is 27.9 Å². The number of aromatic nitrogens is 3. The number of carboxylic acid groups (broad SMARTS) is 1. The highest BCUT2D eigenvalue weighted by Gasteiger charge is 2.38. The topological polar surface area (TPSA) is 130 Å². The van der Waals surface area contributed by atoms with Gasteiger partial charge in [-0.3, -0.25) is 9.48 Å². The predicted octanol–water partition coefficient (Wildman–Crippen LogP) is 3.38. The number of alkyl halides is 3. The number of nitrogens with zero attached hydrogens (tertiary/aromatic N) is 5. The molecule has 0 bridgehead atoms. The van der Waals surface area contributed by atoms with Crippen LogP contribution in [-0.2, 0) is 11.8 Å². The number of carboxylic acids is 1. The number of amides is 1. The van der Waals surface area contributed by atoms with Crippen molar-refractivity contribution in [1.82, 2.24) is 14.8 Å². The summed E-state index contributed by atoms with van der Waals surface area (Å²) >= 11 is 0. The average Bonchev–Trinajstić information content (AvgIpc) is 3.48. The first-order valence-corrected chi connectivity index (χ1v) is 12.3. The third-order valence-corrected chi connectivity index (χ3v) is 6.44. The highest BCUT2D eigenvalue weighted by atomic mass is 19.4. The number of nitrogens with one attached hydrogen (secondary N) is 1. The van der Waals surface area contributed by atoms with Crippen molar-refractivity contribution >= 4 is 40.0 Å². The molecule has 38 heavy (non-hydrogen) atoms. The van der Waals surface area contributed by atoms with Gasteiger partial charge in [0, 0.05) is 50.9 Å². The summed E-state index contributed by atoms with van der Waals surface area (Å²) in [7, 11) is 1.92. The molecule has 10 nitrogen and oxygen atoms in total. The van der Waals surface area contributed by atoms with Gasteiger partial charge in [0.25, 0.3) is 5.91 Å². The normalized spacial score (nSPS) is 17.8. The van der Waals surface area contributed by atoms with Gasteiger partial charge in [-0.05, 0) is 49.9 Å².